The van der Waals surface area contributed by atoms with Crippen LogP contribution < -0.4 is 5.73 Å². The van der Waals surface area contributed by atoms with Crippen LogP contribution in [0.5, 0.6) is 5.75 Å². The van der Waals surface area contributed by atoms with Crippen LogP contribution in [0.2, 0.25) is 0 Å². The lowest BCUT2D eigenvalue weighted by Gasteiger charge is -2.04. The Kier molecular flexibility index (Phi) is 3.00. The fourth-order valence-electron chi connectivity index (χ4n) is 0.899. The quantitative estimate of drug-likeness (QED) is 0.778. The largest absolute Gasteiger partial charge is 0.507 e. The highest BCUT2D eigenvalue weighted by atomic mass is 79.9. The van der Waals surface area contributed by atoms with E-state index in [1.54, 1.807) is 0 Å². The summed E-state index contributed by atoms with van der Waals surface area (Å²) in [4.78, 5) is 11.1. The first kappa shape index (κ1) is 10.1. The summed E-state index contributed by atoms with van der Waals surface area (Å²) in [6.45, 7) is -0.293. The monoisotopic (exact) mass is 247 g/mol. The smallest absolute Gasteiger partial charge is 0.180 e. The van der Waals surface area contributed by atoms with Crippen molar-refractivity contribution in [2.75, 3.05) is 6.54 Å². The summed E-state index contributed by atoms with van der Waals surface area (Å²) in [5.74, 6) is -1.43. The Morgan fingerprint density at radius 2 is 2.23 bits per heavy atom. The Morgan fingerprint density at radius 1 is 1.62 bits per heavy atom. The van der Waals surface area contributed by atoms with Crippen molar-refractivity contribution < 1.29 is 14.3 Å². The van der Waals surface area contributed by atoms with Crippen molar-refractivity contribution in [2.45, 2.75) is 0 Å². The fourth-order valence-corrected chi connectivity index (χ4v) is 1.44. The zero-order valence-electron chi connectivity index (χ0n) is 6.55. The maximum atomic E-state index is 13.1. The summed E-state index contributed by atoms with van der Waals surface area (Å²) in [5, 5.41) is 9.16. The number of Topliss-reactive ketones (excluding diaryl/α,β-unsaturated/α-hetero) is 1. The van der Waals surface area contributed by atoms with Gasteiger partial charge < -0.3 is 10.8 Å². The molecule has 0 heterocycles. The maximum Gasteiger partial charge on any atom is 0.180 e. The molecule has 70 valence electrons. The molecule has 0 unspecified atom stereocenters. The molecule has 0 spiro atoms. The Labute approximate surface area is 82.5 Å². The zero-order chi connectivity index (χ0) is 10.0. The van der Waals surface area contributed by atoms with Crippen LogP contribution in [0.4, 0.5) is 4.39 Å². The van der Waals surface area contributed by atoms with E-state index in [9.17, 15) is 9.18 Å². The Balaban J connectivity index is 3.33. The van der Waals surface area contributed by atoms with Crippen molar-refractivity contribution in [1.29, 1.82) is 0 Å². The lowest BCUT2D eigenvalue weighted by molar-refractivity contribution is 0.0996. The highest BCUT2D eigenvalue weighted by molar-refractivity contribution is 9.10. The van der Waals surface area contributed by atoms with Crippen molar-refractivity contribution >= 4 is 21.7 Å². The zero-order valence-corrected chi connectivity index (χ0v) is 8.14. The summed E-state index contributed by atoms with van der Waals surface area (Å²) in [6.07, 6.45) is 0. The number of carbonyl (C=O) groups excluding carboxylic acids is 1. The van der Waals surface area contributed by atoms with E-state index >= 15 is 0 Å². The van der Waals surface area contributed by atoms with E-state index in [2.05, 4.69) is 15.9 Å². The van der Waals surface area contributed by atoms with Crippen LogP contribution in [0.3, 0.4) is 0 Å². The number of aromatic hydroxyl groups is 1. The molecule has 0 aliphatic carbocycles. The molecule has 0 saturated carbocycles. The molecule has 0 saturated heterocycles. The van der Waals surface area contributed by atoms with Crippen LogP contribution in [0, 0.1) is 5.82 Å². The summed E-state index contributed by atoms with van der Waals surface area (Å²) in [6, 6.07) is 2.18. The third-order valence-corrected chi connectivity index (χ3v) is 2.34. The number of halogens is 2. The number of hydrogen-bond acceptors (Lipinski definition) is 3. The first-order valence-electron chi connectivity index (χ1n) is 3.48. The summed E-state index contributed by atoms with van der Waals surface area (Å²) >= 11 is 2.91. The number of carbonyl (C=O) groups is 1. The lowest BCUT2D eigenvalue weighted by Crippen LogP contribution is -2.15. The molecule has 0 radical (unpaired) electrons. The molecule has 0 aliphatic heterocycles. The normalized spacial score (nSPS) is 10.1. The molecule has 0 atom stereocenters. The third kappa shape index (κ3) is 1.87. The van der Waals surface area contributed by atoms with Gasteiger partial charge in [-0.15, -0.1) is 0 Å². The van der Waals surface area contributed by atoms with Crippen LogP contribution in [-0.4, -0.2) is 17.4 Å². The van der Waals surface area contributed by atoms with E-state index in [4.69, 9.17) is 10.8 Å². The van der Waals surface area contributed by atoms with E-state index in [-0.39, 0.29) is 22.3 Å². The lowest BCUT2D eigenvalue weighted by atomic mass is 10.1. The summed E-state index contributed by atoms with van der Waals surface area (Å²) in [5.41, 5.74) is 4.87. The number of rotatable bonds is 2. The van der Waals surface area contributed by atoms with Gasteiger partial charge in [0.1, 0.15) is 11.6 Å². The number of phenols is 1. The van der Waals surface area contributed by atoms with E-state index < -0.39 is 11.6 Å². The van der Waals surface area contributed by atoms with E-state index in [0.717, 1.165) is 12.1 Å². The fraction of sp³-hybridized carbons (Fsp3) is 0.125. The van der Waals surface area contributed by atoms with Gasteiger partial charge >= 0.3 is 0 Å². The molecule has 0 aliphatic rings. The van der Waals surface area contributed by atoms with Crippen LogP contribution in [0.25, 0.3) is 0 Å². The van der Waals surface area contributed by atoms with Gasteiger partial charge in [0.05, 0.1) is 16.6 Å². The average molecular weight is 248 g/mol. The van der Waals surface area contributed by atoms with Crippen LogP contribution in [0.15, 0.2) is 16.6 Å². The number of nitrogens with two attached hydrogens (primary N) is 1. The van der Waals surface area contributed by atoms with Gasteiger partial charge in [0.2, 0.25) is 0 Å². The molecule has 0 fully saturated rings. The van der Waals surface area contributed by atoms with E-state index in [1.807, 2.05) is 0 Å². The number of hydrogen-bond donors (Lipinski definition) is 2. The molecule has 1 rings (SSSR count). The number of benzene rings is 1. The molecule has 3 nitrogen and oxygen atoms in total. The van der Waals surface area contributed by atoms with Gasteiger partial charge in [0, 0.05) is 0 Å². The molecule has 0 bridgehead atoms. The highest BCUT2D eigenvalue weighted by Gasteiger charge is 2.16. The van der Waals surface area contributed by atoms with Gasteiger partial charge in [-0.3, -0.25) is 4.79 Å². The standard InChI is InChI=1S/C8H7BrFNO2/c9-8-5(12)2-1-4(10)7(8)6(13)3-11/h1-2,12H,3,11H2. The second-order valence-corrected chi connectivity index (χ2v) is 3.18. The first-order chi connectivity index (χ1) is 6.07. The minimum absolute atomic E-state index is 0.0444. The van der Waals surface area contributed by atoms with Crippen LogP contribution in [0.1, 0.15) is 10.4 Å². The second kappa shape index (κ2) is 3.85. The molecule has 3 N–H and O–H groups in total. The topological polar surface area (TPSA) is 63.3 Å². The predicted molar refractivity (Wildman–Crippen MR) is 49.1 cm³/mol. The highest BCUT2D eigenvalue weighted by Crippen LogP contribution is 2.29. The Hall–Kier alpha value is -0.940. The molecule has 1 aromatic carbocycles. The minimum Gasteiger partial charge on any atom is -0.507 e. The van der Waals surface area contributed by atoms with Crippen molar-refractivity contribution in [3.63, 3.8) is 0 Å². The van der Waals surface area contributed by atoms with Crippen molar-refractivity contribution in [3.05, 3.63) is 28.0 Å². The van der Waals surface area contributed by atoms with Crippen molar-refractivity contribution in [3.8, 4) is 5.75 Å². The van der Waals surface area contributed by atoms with Crippen LogP contribution in [-0.2, 0) is 0 Å². The number of ketones is 1. The Morgan fingerprint density at radius 3 is 2.77 bits per heavy atom. The molecule has 1 aromatic rings. The van der Waals surface area contributed by atoms with Gasteiger partial charge in [0.25, 0.3) is 0 Å². The molecule has 5 heteroatoms. The third-order valence-electron chi connectivity index (χ3n) is 1.53. The first-order valence-corrected chi connectivity index (χ1v) is 4.27. The SMILES string of the molecule is NCC(=O)c1c(F)ccc(O)c1Br. The van der Waals surface area contributed by atoms with E-state index in [0.29, 0.717) is 0 Å². The predicted octanol–water partition coefficient (Wildman–Crippen LogP) is 1.44. The maximum absolute atomic E-state index is 13.1. The number of phenolic OH excluding ortho intramolecular Hbond substituents is 1. The van der Waals surface area contributed by atoms with Crippen LogP contribution >= 0.6 is 15.9 Å². The van der Waals surface area contributed by atoms with Crippen molar-refractivity contribution in [2.24, 2.45) is 5.73 Å². The molecule has 0 aromatic heterocycles. The molecule has 13 heavy (non-hydrogen) atoms. The van der Waals surface area contributed by atoms with Crippen molar-refractivity contribution in [1.82, 2.24) is 0 Å². The Bertz CT molecular complexity index is 354. The van der Waals surface area contributed by atoms with Gasteiger partial charge in [-0.05, 0) is 28.1 Å². The molecule has 0 amide bonds. The van der Waals surface area contributed by atoms with E-state index in [1.165, 1.54) is 0 Å². The minimum atomic E-state index is -0.694. The molecular formula is C8H7BrFNO2. The second-order valence-electron chi connectivity index (χ2n) is 2.38. The van der Waals surface area contributed by atoms with Gasteiger partial charge in [-0.25, -0.2) is 4.39 Å². The average Bonchev–Trinajstić information content (AvgIpc) is 2.12. The van der Waals surface area contributed by atoms with Gasteiger partial charge in [-0.1, -0.05) is 0 Å². The summed E-state index contributed by atoms with van der Waals surface area (Å²) < 4.78 is 13.1. The molecular weight excluding hydrogens is 241 g/mol. The summed E-state index contributed by atoms with van der Waals surface area (Å²) in [7, 11) is 0. The van der Waals surface area contributed by atoms with Gasteiger partial charge in [-0.2, -0.15) is 0 Å². The van der Waals surface area contributed by atoms with Gasteiger partial charge in [0.15, 0.2) is 5.78 Å².